The molecule has 0 saturated heterocycles. The first-order valence-corrected chi connectivity index (χ1v) is 19.8. The molecule has 0 aliphatic heterocycles. The Morgan fingerprint density at radius 3 is 1.46 bits per heavy atom. The van der Waals surface area contributed by atoms with E-state index in [1.807, 2.05) is 0 Å². The van der Waals surface area contributed by atoms with Gasteiger partial charge in [-0.1, -0.05) is 87.1 Å². The minimum atomic E-state index is -1.17. The van der Waals surface area contributed by atoms with Crippen molar-refractivity contribution in [1.82, 2.24) is 26.6 Å². The number of hydrogen-bond acceptors (Lipinski definition) is 10. The van der Waals surface area contributed by atoms with Crippen molar-refractivity contribution in [2.24, 2.45) is 0 Å². The van der Waals surface area contributed by atoms with Gasteiger partial charge in [0.1, 0.15) is 19.3 Å². The van der Waals surface area contributed by atoms with E-state index < -0.39 is 12.0 Å². The van der Waals surface area contributed by atoms with Crippen LogP contribution in [0.1, 0.15) is 96.8 Å². The number of ether oxygens (including phenoxy) is 4. The molecule has 0 bridgehead atoms. The number of carbonyl (C=O) groups excluding carboxylic acids is 5. The third-order valence-electron chi connectivity index (χ3n) is 7.54. The Morgan fingerprint density at radius 1 is 0.519 bits per heavy atom. The van der Waals surface area contributed by atoms with Gasteiger partial charge in [0.25, 0.3) is 0 Å². The van der Waals surface area contributed by atoms with Gasteiger partial charge in [-0.2, -0.15) is 0 Å². The van der Waals surface area contributed by atoms with Crippen molar-refractivity contribution >= 4 is 51.4 Å². The van der Waals surface area contributed by atoms with Crippen LogP contribution in [-0.2, 0) is 47.7 Å². The average Bonchev–Trinajstić information content (AvgIpc) is 3.12. The number of amides is 5. The van der Waals surface area contributed by atoms with Crippen molar-refractivity contribution in [3.8, 4) is 0 Å². The molecule has 0 aliphatic rings. The monoisotopic (exact) mass is 809 g/mol. The van der Waals surface area contributed by atoms with Crippen LogP contribution in [0.25, 0.3) is 0 Å². The van der Waals surface area contributed by atoms with Crippen LogP contribution < -0.4 is 26.6 Å². The van der Waals surface area contributed by atoms with Crippen LogP contribution in [0.4, 0.5) is 0 Å². The third-order valence-corrected chi connectivity index (χ3v) is 8.05. The highest BCUT2D eigenvalue weighted by molar-refractivity contribution is 9.09. The molecule has 302 valence electrons. The third kappa shape index (κ3) is 34.2. The lowest BCUT2D eigenvalue weighted by Crippen LogP contribution is -2.41. The topological polar surface area (TPSA) is 220 Å². The fourth-order valence-corrected chi connectivity index (χ4v) is 4.88. The van der Waals surface area contributed by atoms with Crippen molar-refractivity contribution in [3.63, 3.8) is 0 Å². The van der Waals surface area contributed by atoms with E-state index in [2.05, 4.69) is 49.4 Å². The number of carboxylic acids is 1. The predicted octanol–water partition coefficient (Wildman–Crippen LogP) is 1.96. The van der Waals surface area contributed by atoms with Gasteiger partial charge in [0.15, 0.2) is 0 Å². The van der Waals surface area contributed by atoms with Gasteiger partial charge in [0, 0.05) is 39.0 Å². The summed E-state index contributed by atoms with van der Waals surface area (Å²) in [6.45, 7) is 4.38. The molecule has 5 amide bonds. The molecule has 1 atom stereocenters. The first-order chi connectivity index (χ1) is 25.2. The SMILES string of the molecule is CCCCCCCCCCCCCC(=O)N[C@@H](CCC(=O)NCCOCCOCC(=O)NCCOCCOCC(=O)NCCNC(=O)CBr)C(=O)O. The van der Waals surface area contributed by atoms with Crippen LogP contribution in [0.15, 0.2) is 0 Å². The summed E-state index contributed by atoms with van der Waals surface area (Å²) in [7, 11) is 0. The van der Waals surface area contributed by atoms with Gasteiger partial charge in [-0.25, -0.2) is 4.79 Å². The van der Waals surface area contributed by atoms with Crippen LogP contribution in [0.2, 0.25) is 0 Å². The number of carbonyl (C=O) groups is 6. The zero-order valence-electron chi connectivity index (χ0n) is 31.1. The van der Waals surface area contributed by atoms with E-state index in [1.165, 1.54) is 44.9 Å². The largest absolute Gasteiger partial charge is 0.480 e. The zero-order chi connectivity index (χ0) is 38.5. The smallest absolute Gasteiger partial charge is 0.326 e. The second-order valence-corrected chi connectivity index (χ2v) is 12.7. The fourth-order valence-electron chi connectivity index (χ4n) is 4.69. The van der Waals surface area contributed by atoms with Crippen LogP contribution >= 0.6 is 15.9 Å². The Morgan fingerprint density at radius 2 is 0.962 bits per heavy atom. The maximum Gasteiger partial charge on any atom is 0.326 e. The number of rotatable bonds is 37. The summed E-state index contributed by atoms with van der Waals surface area (Å²) in [4.78, 5) is 70.4. The van der Waals surface area contributed by atoms with Crippen LogP contribution in [0.5, 0.6) is 0 Å². The standard InChI is InChI=1S/C35H64BrN5O11/c1-2-3-4-5-6-7-8-9-10-11-12-13-31(43)41-29(35(47)48)14-15-30(42)39-18-20-49-22-25-52-28-34(46)40-19-21-50-23-24-51-27-33(45)38-17-16-37-32(44)26-36/h29H,2-28H2,1H3,(H,37,44)(H,38,45)(H,39,42)(H,40,46)(H,41,43)(H,47,48)/t29-/m0/s1. The molecule has 0 radical (unpaired) electrons. The van der Waals surface area contributed by atoms with E-state index >= 15 is 0 Å². The number of halogens is 1. The van der Waals surface area contributed by atoms with Crippen molar-refractivity contribution in [2.75, 3.05) is 84.4 Å². The molecule has 0 saturated carbocycles. The first kappa shape index (κ1) is 49.1. The van der Waals surface area contributed by atoms with Gasteiger partial charge in [-0.05, 0) is 12.8 Å². The Kier molecular flexibility index (Phi) is 34.5. The number of hydrogen-bond donors (Lipinski definition) is 6. The minimum Gasteiger partial charge on any atom is -0.480 e. The Bertz CT molecular complexity index is 978. The summed E-state index contributed by atoms with van der Waals surface area (Å²) in [6, 6.07) is -1.12. The van der Waals surface area contributed by atoms with Gasteiger partial charge in [0.05, 0.1) is 45.0 Å². The molecule has 0 rings (SSSR count). The average molecular weight is 811 g/mol. The Balaban J connectivity index is 3.66. The van der Waals surface area contributed by atoms with E-state index in [-0.39, 0.29) is 120 Å². The number of nitrogens with one attached hydrogen (secondary N) is 5. The van der Waals surface area contributed by atoms with Crippen molar-refractivity contribution in [1.29, 1.82) is 0 Å². The highest BCUT2D eigenvalue weighted by atomic mass is 79.9. The molecule has 0 fully saturated rings. The molecular weight excluding hydrogens is 746 g/mol. The number of unbranched alkanes of at least 4 members (excludes halogenated alkanes) is 10. The van der Waals surface area contributed by atoms with E-state index in [0.717, 1.165) is 25.7 Å². The molecule has 6 N–H and O–H groups in total. The van der Waals surface area contributed by atoms with Crippen molar-refractivity contribution in [2.45, 2.75) is 103 Å². The van der Waals surface area contributed by atoms with Crippen LogP contribution in [-0.4, -0.2) is 131 Å². The maximum absolute atomic E-state index is 12.2. The quantitative estimate of drug-likeness (QED) is 0.0394. The number of carboxylic acid groups (broad SMARTS) is 1. The molecule has 0 heterocycles. The van der Waals surface area contributed by atoms with Gasteiger partial charge < -0.3 is 50.6 Å². The van der Waals surface area contributed by atoms with Crippen molar-refractivity contribution < 1.29 is 52.8 Å². The molecular formula is C35H64BrN5O11. The predicted molar refractivity (Wildman–Crippen MR) is 199 cm³/mol. The van der Waals surface area contributed by atoms with Crippen molar-refractivity contribution in [3.05, 3.63) is 0 Å². The summed E-state index contributed by atoms with van der Waals surface area (Å²) < 4.78 is 21.2. The lowest BCUT2D eigenvalue weighted by molar-refractivity contribution is -0.142. The second kappa shape index (κ2) is 36.5. The van der Waals surface area contributed by atoms with E-state index in [9.17, 15) is 33.9 Å². The van der Waals surface area contributed by atoms with Crippen LogP contribution in [0, 0.1) is 0 Å². The minimum absolute atomic E-state index is 0.00846. The number of alkyl halides is 1. The highest BCUT2D eigenvalue weighted by Gasteiger charge is 2.20. The molecule has 0 aromatic carbocycles. The summed E-state index contributed by atoms with van der Waals surface area (Å²) in [5.74, 6) is -2.60. The van der Waals surface area contributed by atoms with E-state index in [0.29, 0.717) is 13.1 Å². The summed E-state index contributed by atoms with van der Waals surface area (Å²) in [5, 5.41) is 22.7. The van der Waals surface area contributed by atoms with Gasteiger partial charge in [-0.3, -0.25) is 24.0 Å². The fraction of sp³-hybridized carbons (Fsp3) is 0.829. The molecule has 0 unspecified atom stereocenters. The normalized spacial score (nSPS) is 11.4. The maximum atomic E-state index is 12.2. The Labute approximate surface area is 317 Å². The van der Waals surface area contributed by atoms with E-state index in [1.54, 1.807) is 0 Å². The van der Waals surface area contributed by atoms with Gasteiger partial charge in [0.2, 0.25) is 29.5 Å². The summed E-state index contributed by atoms with van der Waals surface area (Å²) in [5.41, 5.74) is 0. The van der Waals surface area contributed by atoms with Crippen LogP contribution in [0.3, 0.4) is 0 Å². The Hall–Kier alpha value is -2.86. The summed E-state index contributed by atoms with van der Waals surface area (Å²) >= 11 is 3.03. The van der Waals surface area contributed by atoms with E-state index in [4.69, 9.17) is 18.9 Å². The lowest BCUT2D eigenvalue weighted by Gasteiger charge is -2.14. The number of aliphatic carboxylic acids is 1. The molecule has 52 heavy (non-hydrogen) atoms. The molecule has 0 aromatic rings. The molecule has 0 aliphatic carbocycles. The summed E-state index contributed by atoms with van der Waals surface area (Å²) in [6.07, 6.45) is 13.1. The molecule has 16 nitrogen and oxygen atoms in total. The lowest BCUT2D eigenvalue weighted by atomic mass is 10.0. The highest BCUT2D eigenvalue weighted by Crippen LogP contribution is 2.12. The first-order valence-electron chi connectivity index (χ1n) is 18.6. The molecule has 0 spiro atoms. The molecule has 0 aromatic heterocycles. The zero-order valence-corrected chi connectivity index (χ0v) is 32.7. The molecule has 17 heteroatoms. The second-order valence-electron chi connectivity index (χ2n) is 12.1. The van der Waals surface area contributed by atoms with Gasteiger partial charge >= 0.3 is 5.97 Å². The van der Waals surface area contributed by atoms with Gasteiger partial charge in [-0.15, -0.1) is 0 Å².